The first-order valence-corrected chi connectivity index (χ1v) is 6.47. The van der Waals surface area contributed by atoms with Crippen molar-refractivity contribution in [1.82, 2.24) is 0 Å². The van der Waals surface area contributed by atoms with Gasteiger partial charge in [-0.2, -0.15) is 0 Å². The van der Waals surface area contributed by atoms with Crippen molar-refractivity contribution in [2.24, 2.45) is 0 Å². The lowest BCUT2D eigenvalue weighted by molar-refractivity contribution is -0.114. The third kappa shape index (κ3) is 2.94. The molecule has 0 radical (unpaired) electrons. The number of nitrogens with one attached hydrogen (secondary N) is 1. The van der Waals surface area contributed by atoms with Crippen LogP contribution in [0.2, 0.25) is 0 Å². The molecule has 2 rings (SSSR count). The van der Waals surface area contributed by atoms with Crippen LogP contribution in [0.3, 0.4) is 0 Å². The number of aryl methyl sites for hydroxylation is 2. The van der Waals surface area contributed by atoms with E-state index in [1.807, 2.05) is 32.0 Å². The van der Waals surface area contributed by atoms with Gasteiger partial charge in [-0.25, -0.2) is 0 Å². The average Bonchev–Trinajstić information content (AvgIpc) is 2.41. The second-order valence-corrected chi connectivity index (χ2v) is 4.87. The summed E-state index contributed by atoms with van der Waals surface area (Å²) < 4.78 is 0. The highest BCUT2D eigenvalue weighted by Gasteiger charge is 2.15. The van der Waals surface area contributed by atoms with E-state index < -0.39 is 0 Å². The van der Waals surface area contributed by atoms with Gasteiger partial charge in [0.25, 0.3) is 0 Å². The van der Waals surface area contributed by atoms with Gasteiger partial charge < -0.3 is 5.32 Å². The Morgan fingerprint density at radius 1 is 0.950 bits per heavy atom. The van der Waals surface area contributed by atoms with Crippen LogP contribution >= 0.6 is 0 Å². The fraction of sp³-hybridized carbons (Fsp3) is 0.176. The lowest BCUT2D eigenvalue weighted by Gasteiger charge is -2.11. The molecule has 1 amide bonds. The van der Waals surface area contributed by atoms with E-state index in [9.17, 15) is 9.59 Å². The predicted octanol–water partition coefficient (Wildman–Crippen LogP) is 3.49. The SMILES string of the molecule is CC(=O)Nc1ccccc1C(=O)c1cc(C)ccc1C. The molecule has 0 heterocycles. The molecule has 0 aliphatic heterocycles. The van der Waals surface area contributed by atoms with Crippen molar-refractivity contribution in [2.75, 3.05) is 5.32 Å². The van der Waals surface area contributed by atoms with Crippen LogP contribution in [-0.4, -0.2) is 11.7 Å². The number of hydrogen-bond acceptors (Lipinski definition) is 2. The van der Waals surface area contributed by atoms with E-state index in [0.717, 1.165) is 11.1 Å². The number of carbonyl (C=O) groups excluding carboxylic acids is 2. The summed E-state index contributed by atoms with van der Waals surface area (Å²) in [6.45, 7) is 5.29. The van der Waals surface area contributed by atoms with Gasteiger partial charge >= 0.3 is 0 Å². The maximum Gasteiger partial charge on any atom is 0.221 e. The maximum atomic E-state index is 12.7. The molecule has 0 aromatic heterocycles. The second-order valence-electron chi connectivity index (χ2n) is 4.87. The minimum Gasteiger partial charge on any atom is -0.326 e. The third-order valence-electron chi connectivity index (χ3n) is 3.12. The van der Waals surface area contributed by atoms with E-state index in [4.69, 9.17) is 0 Å². The van der Waals surface area contributed by atoms with Crippen LogP contribution in [-0.2, 0) is 4.79 Å². The normalized spacial score (nSPS) is 10.2. The Hall–Kier alpha value is -2.42. The van der Waals surface area contributed by atoms with Crippen LogP contribution in [0.25, 0.3) is 0 Å². The van der Waals surface area contributed by atoms with Gasteiger partial charge in [0.05, 0.1) is 5.69 Å². The molecule has 0 fully saturated rings. The first kappa shape index (κ1) is 14.0. The average molecular weight is 267 g/mol. The highest BCUT2D eigenvalue weighted by atomic mass is 16.1. The van der Waals surface area contributed by atoms with Crippen LogP contribution < -0.4 is 5.32 Å². The molecule has 0 aliphatic carbocycles. The molecule has 0 saturated heterocycles. The van der Waals surface area contributed by atoms with E-state index in [1.54, 1.807) is 24.3 Å². The van der Waals surface area contributed by atoms with Crippen molar-refractivity contribution in [2.45, 2.75) is 20.8 Å². The van der Waals surface area contributed by atoms with Gasteiger partial charge in [-0.1, -0.05) is 29.8 Å². The number of hydrogen-bond donors (Lipinski definition) is 1. The summed E-state index contributed by atoms with van der Waals surface area (Å²) in [6.07, 6.45) is 0. The number of anilines is 1. The molecule has 20 heavy (non-hydrogen) atoms. The number of ketones is 1. The van der Waals surface area contributed by atoms with Crippen LogP contribution in [0.1, 0.15) is 34.0 Å². The van der Waals surface area contributed by atoms with Crippen molar-refractivity contribution < 1.29 is 9.59 Å². The molecule has 1 N–H and O–H groups in total. The molecule has 0 unspecified atom stereocenters. The first-order chi connectivity index (χ1) is 9.49. The van der Waals surface area contributed by atoms with Gasteiger partial charge in [0.1, 0.15) is 0 Å². The number of rotatable bonds is 3. The predicted molar refractivity (Wildman–Crippen MR) is 80.1 cm³/mol. The van der Waals surface area contributed by atoms with Crippen LogP contribution in [0.5, 0.6) is 0 Å². The zero-order valence-electron chi connectivity index (χ0n) is 11.9. The summed E-state index contributed by atoms with van der Waals surface area (Å²) in [5, 5.41) is 2.70. The molecule has 0 saturated carbocycles. The van der Waals surface area contributed by atoms with Crippen molar-refractivity contribution in [3.8, 4) is 0 Å². The van der Waals surface area contributed by atoms with Crippen LogP contribution in [0.15, 0.2) is 42.5 Å². The Balaban J connectivity index is 2.48. The van der Waals surface area contributed by atoms with Crippen molar-refractivity contribution in [3.63, 3.8) is 0 Å². The summed E-state index contributed by atoms with van der Waals surface area (Å²) in [7, 11) is 0. The lowest BCUT2D eigenvalue weighted by Crippen LogP contribution is -2.12. The third-order valence-corrected chi connectivity index (χ3v) is 3.12. The molecule has 3 nitrogen and oxygen atoms in total. The Labute approximate surface area is 118 Å². The van der Waals surface area contributed by atoms with Crippen LogP contribution in [0.4, 0.5) is 5.69 Å². The molecule has 0 bridgehead atoms. The first-order valence-electron chi connectivity index (χ1n) is 6.47. The van der Waals surface area contributed by atoms with Gasteiger partial charge in [0.2, 0.25) is 5.91 Å². The minimum absolute atomic E-state index is 0.0736. The molecular weight excluding hydrogens is 250 g/mol. The highest BCUT2D eigenvalue weighted by molar-refractivity contribution is 6.14. The summed E-state index contributed by atoms with van der Waals surface area (Å²) in [5.41, 5.74) is 3.69. The van der Waals surface area contributed by atoms with E-state index >= 15 is 0 Å². The molecule has 102 valence electrons. The number of benzene rings is 2. The van der Waals surface area contributed by atoms with Crippen molar-refractivity contribution >= 4 is 17.4 Å². The van der Waals surface area contributed by atoms with Gasteiger partial charge in [-0.3, -0.25) is 9.59 Å². The largest absolute Gasteiger partial charge is 0.326 e. The second kappa shape index (κ2) is 5.70. The molecule has 0 aliphatic rings. The summed E-state index contributed by atoms with van der Waals surface area (Å²) in [5.74, 6) is -0.262. The zero-order valence-corrected chi connectivity index (χ0v) is 11.9. The van der Waals surface area contributed by atoms with Crippen LogP contribution in [0, 0.1) is 13.8 Å². The van der Waals surface area contributed by atoms with E-state index in [-0.39, 0.29) is 11.7 Å². The number of carbonyl (C=O) groups is 2. The number of para-hydroxylation sites is 1. The Kier molecular flexibility index (Phi) is 3.99. The summed E-state index contributed by atoms with van der Waals surface area (Å²) >= 11 is 0. The van der Waals surface area contributed by atoms with E-state index in [0.29, 0.717) is 16.8 Å². The molecule has 0 atom stereocenters. The van der Waals surface area contributed by atoms with E-state index in [1.165, 1.54) is 6.92 Å². The quantitative estimate of drug-likeness (QED) is 0.865. The van der Waals surface area contributed by atoms with Crippen molar-refractivity contribution in [1.29, 1.82) is 0 Å². The van der Waals surface area contributed by atoms with Crippen molar-refractivity contribution in [3.05, 3.63) is 64.7 Å². The Bertz CT molecular complexity index is 674. The van der Waals surface area contributed by atoms with Gasteiger partial charge in [0.15, 0.2) is 5.78 Å². The fourth-order valence-corrected chi connectivity index (χ4v) is 2.11. The smallest absolute Gasteiger partial charge is 0.221 e. The molecule has 0 spiro atoms. The highest BCUT2D eigenvalue weighted by Crippen LogP contribution is 2.21. The monoisotopic (exact) mass is 267 g/mol. The van der Waals surface area contributed by atoms with E-state index in [2.05, 4.69) is 5.32 Å². The standard InChI is InChI=1S/C17H17NO2/c1-11-8-9-12(2)15(10-11)17(20)14-6-4-5-7-16(14)18-13(3)19/h4-10H,1-3H3,(H,18,19). The maximum absolute atomic E-state index is 12.7. The van der Waals surface area contributed by atoms with Gasteiger partial charge in [-0.15, -0.1) is 0 Å². The lowest BCUT2D eigenvalue weighted by atomic mass is 9.96. The molecule has 2 aromatic carbocycles. The zero-order chi connectivity index (χ0) is 14.7. The summed E-state index contributed by atoms with van der Waals surface area (Å²) in [6, 6.07) is 12.8. The Morgan fingerprint density at radius 2 is 1.65 bits per heavy atom. The number of amides is 1. The fourth-order valence-electron chi connectivity index (χ4n) is 2.11. The van der Waals surface area contributed by atoms with Gasteiger partial charge in [-0.05, 0) is 37.6 Å². The molecular formula is C17H17NO2. The minimum atomic E-state index is -0.189. The topological polar surface area (TPSA) is 46.2 Å². The molecule has 3 heteroatoms. The summed E-state index contributed by atoms with van der Waals surface area (Å²) in [4.78, 5) is 23.9. The van der Waals surface area contributed by atoms with Gasteiger partial charge in [0, 0.05) is 18.1 Å². The molecule has 2 aromatic rings. The Morgan fingerprint density at radius 3 is 2.35 bits per heavy atom.